The highest BCUT2D eigenvalue weighted by Gasteiger charge is 2.39. The second-order valence-electron chi connectivity index (χ2n) is 5.04. The molecule has 0 aromatic heterocycles. The van der Waals surface area contributed by atoms with Crippen molar-refractivity contribution in [1.82, 2.24) is 4.90 Å². The van der Waals surface area contributed by atoms with Crippen molar-refractivity contribution >= 4 is 11.9 Å². The van der Waals surface area contributed by atoms with Crippen LogP contribution in [0, 0.1) is 17.8 Å². The molecule has 0 spiro atoms. The zero-order valence-corrected chi connectivity index (χ0v) is 10.7. The van der Waals surface area contributed by atoms with Crippen LogP contribution >= 0.6 is 0 Å². The Hall–Kier alpha value is -1.10. The van der Waals surface area contributed by atoms with Gasteiger partial charge in [-0.15, -0.1) is 0 Å². The highest BCUT2D eigenvalue weighted by Crippen LogP contribution is 2.25. The second-order valence-corrected chi connectivity index (χ2v) is 5.04. The maximum absolute atomic E-state index is 11.9. The van der Waals surface area contributed by atoms with Gasteiger partial charge in [-0.2, -0.15) is 0 Å². The molecule has 0 saturated carbocycles. The van der Waals surface area contributed by atoms with Crippen LogP contribution in [0.5, 0.6) is 0 Å². The zero-order valence-electron chi connectivity index (χ0n) is 10.7. The molecule has 1 heterocycles. The SMILES string of the molecule is CCC(C)C(N)C(=O)N1CC(C(C)C(=O)O)C1. The van der Waals surface area contributed by atoms with Crippen LogP contribution in [0.3, 0.4) is 0 Å². The third-order valence-electron chi connectivity index (χ3n) is 3.86. The van der Waals surface area contributed by atoms with Gasteiger partial charge in [-0.25, -0.2) is 0 Å². The largest absolute Gasteiger partial charge is 0.481 e. The number of hydrogen-bond acceptors (Lipinski definition) is 3. The third kappa shape index (κ3) is 2.97. The first-order valence-corrected chi connectivity index (χ1v) is 6.15. The Morgan fingerprint density at radius 1 is 1.41 bits per heavy atom. The van der Waals surface area contributed by atoms with Gasteiger partial charge in [0.15, 0.2) is 0 Å². The predicted octanol–water partition coefficient (Wildman–Crippen LogP) is 0.539. The Kier molecular flexibility index (Phi) is 4.51. The lowest BCUT2D eigenvalue weighted by molar-refractivity contribution is -0.151. The topological polar surface area (TPSA) is 83.6 Å². The monoisotopic (exact) mass is 242 g/mol. The minimum Gasteiger partial charge on any atom is -0.481 e. The highest BCUT2D eigenvalue weighted by atomic mass is 16.4. The van der Waals surface area contributed by atoms with Crippen LogP contribution in [0.1, 0.15) is 27.2 Å². The number of carboxylic acids is 1. The van der Waals surface area contributed by atoms with Crippen molar-refractivity contribution < 1.29 is 14.7 Å². The van der Waals surface area contributed by atoms with Crippen molar-refractivity contribution in [2.45, 2.75) is 33.2 Å². The van der Waals surface area contributed by atoms with E-state index in [1.807, 2.05) is 13.8 Å². The minimum atomic E-state index is -0.798. The summed E-state index contributed by atoms with van der Waals surface area (Å²) in [6.07, 6.45) is 0.871. The number of rotatable bonds is 5. The quantitative estimate of drug-likeness (QED) is 0.737. The van der Waals surface area contributed by atoms with Crippen molar-refractivity contribution in [2.24, 2.45) is 23.5 Å². The van der Waals surface area contributed by atoms with E-state index in [2.05, 4.69) is 0 Å². The van der Waals surface area contributed by atoms with Crippen molar-refractivity contribution in [2.75, 3.05) is 13.1 Å². The molecule has 3 atom stereocenters. The molecule has 98 valence electrons. The summed E-state index contributed by atoms with van der Waals surface area (Å²) in [6.45, 7) is 6.69. The molecule has 1 aliphatic heterocycles. The Balaban J connectivity index is 2.42. The van der Waals surface area contributed by atoms with Gasteiger partial charge in [0.2, 0.25) is 5.91 Å². The summed E-state index contributed by atoms with van der Waals surface area (Å²) in [4.78, 5) is 24.4. The van der Waals surface area contributed by atoms with Gasteiger partial charge in [-0.1, -0.05) is 27.2 Å². The van der Waals surface area contributed by atoms with E-state index in [4.69, 9.17) is 10.8 Å². The number of carbonyl (C=O) groups is 2. The summed E-state index contributed by atoms with van der Waals surface area (Å²) in [6, 6.07) is -0.457. The van der Waals surface area contributed by atoms with Gasteiger partial charge in [0.05, 0.1) is 12.0 Å². The van der Waals surface area contributed by atoms with E-state index < -0.39 is 12.0 Å². The lowest BCUT2D eigenvalue weighted by Gasteiger charge is -2.42. The maximum Gasteiger partial charge on any atom is 0.306 e. The summed E-state index contributed by atoms with van der Waals surface area (Å²) in [5, 5.41) is 8.85. The van der Waals surface area contributed by atoms with Crippen molar-refractivity contribution in [1.29, 1.82) is 0 Å². The molecule has 0 aromatic carbocycles. The molecule has 0 aromatic rings. The molecular formula is C12H22N2O3. The van der Waals surface area contributed by atoms with Crippen molar-refractivity contribution in [3.63, 3.8) is 0 Å². The average Bonchev–Trinajstić information content (AvgIpc) is 2.24. The summed E-state index contributed by atoms with van der Waals surface area (Å²) < 4.78 is 0. The van der Waals surface area contributed by atoms with E-state index in [0.717, 1.165) is 6.42 Å². The van der Waals surface area contributed by atoms with Crippen LogP contribution in [0.2, 0.25) is 0 Å². The number of carbonyl (C=O) groups excluding carboxylic acids is 1. The highest BCUT2D eigenvalue weighted by molar-refractivity contribution is 5.83. The summed E-state index contributed by atoms with van der Waals surface area (Å²) in [5.41, 5.74) is 5.86. The molecule has 3 unspecified atom stereocenters. The van der Waals surface area contributed by atoms with Crippen molar-refractivity contribution in [3.8, 4) is 0 Å². The predicted molar refractivity (Wildman–Crippen MR) is 64.3 cm³/mol. The fraction of sp³-hybridized carbons (Fsp3) is 0.833. The summed E-state index contributed by atoms with van der Waals surface area (Å²) in [5.74, 6) is -1.00. The van der Waals surface area contributed by atoms with E-state index in [9.17, 15) is 9.59 Å². The molecule has 0 aliphatic carbocycles. The zero-order chi connectivity index (χ0) is 13.2. The number of amides is 1. The molecule has 1 amide bonds. The molecule has 0 radical (unpaired) electrons. The van der Waals surface area contributed by atoms with Gasteiger partial charge in [0.1, 0.15) is 0 Å². The molecule has 5 heteroatoms. The number of hydrogen-bond donors (Lipinski definition) is 2. The summed E-state index contributed by atoms with van der Waals surface area (Å²) >= 11 is 0. The normalized spacial score (nSPS) is 21.5. The second kappa shape index (κ2) is 5.49. The average molecular weight is 242 g/mol. The van der Waals surface area contributed by atoms with E-state index in [-0.39, 0.29) is 23.7 Å². The van der Waals surface area contributed by atoms with Gasteiger partial charge in [-0.05, 0) is 5.92 Å². The fourth-order valence-corrected chi connectivity index (χ4v) is 1.92. The molecule has 1 fully saturated rings. The first-order chi connectivity index (χ1) is 7.88. The van der Waals surface area contributed by atoms with E-state index >= 15 is 0 Å². The van der Waals surface area contributed by atoms with Crippen molar-refractivity contribution in [3.05, 3.63) is 0 Å². The molecule has 1 aliphatic rings. The van der Waals surface area contributed by atoms with Crippen LogP contribution in [0.4, 0.5) is 0 Å². The van der Waals surface area contributed by atoms with Gasteiger partial charge in [0, 0.05) is 19.0 Å². The molecular weight excluding hydrogens is 220 g/mol. The Bertz CT molecular complexity index is 300. The molecule has 0 bridgehead atoms. The molecule has 3 N–H and O–H groups in total. The Labute approximate surface area is 102 Å². The first kappa shape index (κ1) is 14.0. The van der Waals surface area contributed by atoms with Crippen LogP contribution in [0.15, 0.2) is 0 Å². The van der Waals surface area contributed by atoms with Gasteiger partial charge in [0.25, 0.3) is 0 Å². The lowest BCUT2D eigenvalue weighted by atomic mass is 9.86. The number of aliphatic carboxylic acids is 1. The Morgan fingerprint density at radius 2 is 1.94 bits per heavy atom. The number of nitrogens with two attached hydrogens (primary N) is 1. The van der Waals surface area contributed by atoms with Gasteiger partial charge in [-0.3, -0.25) is 9.59 Å². The molecule has 1 rings (SSSR count). The van der Waals surface area contributed by atoms with Gasteiger partial charge < -0.3 is 15.7 Å². The van der Waals surface area contributed by atoms with Crippen LogP contribution in [-0.4, -0.2) is 41.0 Å². The molecule has 17 heavy (non-hydrogen) atoms. The first-order valence-electron chi connectivity index (χ1n) is 6.15. The standard InChI is InChI=1S/C12H22N2O3/c1-4-7(2)10(13)11(15)14-5-9(6-14)8(3)12(16)17/h7-10H,4-6,13H2,1-3H3,(H,16,17). The van der Waals surface area contributed by atoms with Crippen LogP contribution in [-0.2, 0) is 9.59 Å². The lowest BCUT2D eigenvalue weighted by Crippen LogP contribution is -2.58. The molecule has 5 nitrogen and oxygen atoms in total. The smallest absolute Gasteiger partial charge is 0.306 e. The van der Waals surface area contributed by atoms with E-state index in [1.54, 1.807) is 11.8 Å². The molecule has 1 saturated heterocycles. The van der Waals surface area contributed by atoms with E-state index in [1.165, 1.54) is 0 Å². The number of likely N-dealkylation sites (tertiary alicyclic amines) is 1. The minimum absolute atomic E-state index is 0.0480. The fourth-order valence-electron chi connectivity index (χ4n) is 1.92. The summed E-state index contributed by atoms with van der Waals surface area (Å²) in [7, 11) is 0. The number of nitrogens with zero attached hydrogens (tertiary/aromatic N) is 1. The van der Waals surface area contributed by atoms with E-state index in [0.29, 0.717) is 13.1 Å². The maximum atomic E-state index is 11.9. The third-order valence-corrected chi connectivity index (χ3v) is 3.86. The van der Waals surface area contributed by atoms with Gasteiger partial charge >= 0.3 is 5.97 Å². The Morgan fingerprint density at radius 3 is 2.35 bits per heavy atom. The number of carboxylic acid groups (broad SMARTS) is 1. The van der Waals surface area contributed by atoms with Crippen LogP contribution in [0.25, 0.3) is 0 Å². The van der Waals surface area contributed by atoms with Crippen LogP contribution < -0.4 is 5.73 Å².